The first-order chi connectivity index (χ1) is 5.59. The highest BCUT2D eigenvalue weighted by Gasteiger charge is 2.17. The molecule has 0 bridgehead atoms. The molecule has 0 aliphatic heterocycles. The molecule has 72 valence electrons. The molecule has 1 N–H and O–H groups in total. The molecule has 0 radical (unpaired) electrons. The standard InChI is InChI=1S/C8H16ClNO2/c1-6(2)7(3)8(11)12-5-4-10-9/h6-7,10H,4-5H2,1-3H3. The summed E-state index contributed by atoms with van der Waals surface area (Å²) in [6.07, 6.45) is 0. The van der Waals surface area contributed by atoms with E-state index in [0.29, 0.717) is 19.1 Å². The summed E-state index contributed by atoms with van der Waals surface area (Å²) in [4.78, 5) is 13.6. The van der Waals surface area contributed by atoms with Crippen LogP contribution in [-0.4, -0.2) is 19.1 Å². The van der Waals surface area contributed by atoms with Gasteiger partial charge in [0, 0.05) is 6.54 Å². The van der Waals surface area contributed by atoms with Crippen LogP contribution >= 0.6 is 11.8 Å². The number of carbonyl (C=O) groups is 1. The van der Waals surface area contributed by atoms with Gasteiger partial charge in [0.05, 0.1) is 5.92 Å². The molecule has 0 aromatic rings. The number of hydrogen-bond acceptors (Lipinski definition) is 3. The van der Waals surface area contributed by atoms with Crippen LogP contribution in [0.1, 0.15) is 20.8 Å². The predicted octanol–water partition coefficient (Wildman–Crippen LogP) is 1.57. The van der Waals surface area contributed by atoms with E-state index in [1.54, 1.807) is 0 Å². The zero-order valence-electron chi connectivity index (χ0n) is 7.76. The highest BCUT2D eigenvalue weighted by atomic mass is 35.5. The molecule has 0 aliphatic carbocycles. The Morgan fingerprint density at radius 3 is 2.50 bits per heavy atom. The van der Waals surface area contributed by atoms with Crippen LogP contribution < -0.4 is 4.84 Å². The van der Waals surface area contributed by atoms with Gasteiger partial charge in [0.15, 0.2) is 0 Å². The van der Waals surface area contributed by atoms with Crippen LogP contribution in [0.3, 0.4) is 0 Å². The monoisotopic (exact) mass is 193 g/mol. The van der Waals surface area contributed by atoms with Gasteiger partial charge < -0.3 is 4.74 Å². The van der Waals surface area contributed by atoms with E-state index >= 15 is 0 Å². The summed E-state index contributed by atoms with van der Waals surface area (Å²) in [5.41, 5.74) is 0. The molecule has 1 atom stereocenters. The fourth-order valence-corrected chi connectivity index (χ4v) is 0.671. The third-order valence-electron chi connectivity index (χ3n) is 1.81. The molecule has 4 heteroatoms. The van der Waals surface area contributed by atoms with Crippen molar-refractivity contribution < 1.29 is 9.53 Å². The van der Waals surface area contributed by atoms with Crippen molar-refractivity contribution in [2.75, 3.05) is 13.2 Å². The van der Waals surface area contributed by atoms with Crippen LogP contribution in [-0.2, 0) is 9.53 Å². The minimum Gasteiger partial charge on any atom is -0.464 e. The number of nitrogens with one attached hydrogen (secondary N) is 1. The Morgan fingerprint density at radius 1 is 1.50 bits per heavy atom. The van der Waals surface area contributed by atoms with Crippen molar-refractivity contribution in [3.8, 4) is 0 Å². The predicted molar refractivity (Wildman–Crippen MR) is 48.8 cm³/mol. The zero-order chi connectivity index (χ0) is 9.56. The van der Waals surface area contributed by atoms with E-state index in [9.17, 15) is 4.79 Å². The molecular formula is C8H16ClNO2. The number of hydrogen-bond donors (Lipinski definition) is 1. The number of ether oxygens (including phenoxy) is 1. The molecular weight excluding hydrogens is 178 g/mol. The zero-order valence-corrected chi connectivity index (χ0v) is 8.52. The maximum atomic E-state index is 11.2. The van der Waals surface area contributed by atoms with Gasteiger partial charge in [-0.05, 0) is 17.7 Å². The Labute approximate surface area is 78.5 Å². The molecule has 0 spiro atoms. The minimum atomic E-state index is -0.156. The molecule has 0 saturated heterocycles. The quantitative estimate of drug-likeness (QED) is 0.409. The number of rotatable bonds is 5. The molecule has 3 nitrogen and oxygen atoms in total. The number of esters is 1. The first-order valence-corrected chi connectivity index (χ1v) is 4.47. The average molecular weight is 194 g/mol. The Bertz CT molecular complexity index is 139. The molecule has 0 amide bonds. The normalized spacial score (nSPS) is 13.1. The number of halogens is 1. The Balaban J connectivity index is 3.57. The van der Waals surface area contributed by atoms with Gasteiger partial charge in [0.25, 0.3) is 0 Å². The molecule has 0 aromatic carbocycles. The van der Waals surface area contributed by atoms with E-state index in [0.717, 1.165) is 0 Å². The van der Waals surface area contributed by atoms with Crippen molar-refractivity contribution in [3.05, 3.63) is 0 Å². The summed E-state index contributed by atoms with van der Waals surface area (Å²) in [6.45, 7) is 6.66. The van der Waals surface area contributed by atoms with Gasteiger partial charge in [-0.15, -0.1) is 0 Å². The summed E-state index contributed by atoms with van der Waals surface area (Å²) in [5, 5.41) is 0. The van der Waals surface area contributed by atoms with E-state index in [4.69, 9.17) is 16.5 Å². The van der Waals surface area contributed by atoms with Crippen LogP contribution in [0.4, 0.5) is 0 Å². The summed E-state index contributed by atoms with van der Waals surface area (Å²) in [6, 6.07) is 0. The van der Waals surface area contributed by atoms with Crippen molar-refractivity contribution in [1.29, 1.82) is 0 Å². The van der Waals surface area contributed by atoms with E-state index in [2.05, 4.69) is 4.84 Å². The van der Waals surface area contributed by atoms with Gasteiger partial charge in [-0.3, -0.25) is 4.79 Å². The van der Waals surface area contributed by atoms with Crippen LogP contribution in [0.5, 0.6) is 0 Å². The summed E-state index contributed by atoms with van der Waals surface area (Å²) >= 11 is 5.19. The summed E-state index contributed by atoms with van der Waals surface area (Å²) in [5.74, 6) is 0.124. The Hall–Kier alpha value is -0.280. The first-order valence-electron chi connectivity index (χ1n) is 4.09. The smallest absolute Gasteiger partial charge is 0.308 e. The number of carbonyl (C=O) groups excluding carboxylic acids is 1. The van der Waals surface area contributed by atoms with Crippen LogP contribution in [0.25, 0.3) is 0 Å². The highest BCUT2D eigenvalue weighted by Crippen LogP contribution is 2.10. The fourth-order valence-electron chi connectivity index (χ4n) is 0.594. The lowest BCUT2D eigenvalue weighted by Crippen LogP contribution is -2.22. The topological polar surface area (TPSA) is 38.3 Å². The fraction of sp³-hybridized carbons (Fsp3) is 0.875. The van der Waals surface area contributed by atoms with E-state index < -0.39 is 0 Å². The lowest BCUT2D eigenvalue weighted by Gasteiger charge is -2.13. The molecule has 0 saturated carbocycles. The second-order valence-corrected chi connectivity index (χ2v) is 3.35. The lowest BCUT2D eigenvalue weighted by atomic mass is 9.99. The maximum absolute atomic E-state index is 11.2. The minimum absolute atomic E-state index is 0.0414. The summed E-state index contributed by atoms with van der Waals surface area (Å²) in [7, 11) is 0. The molecule has 0 aromatic heterocycles. The third kappa shape index (κ3) is 4.57. The Kier molecular flexibility index (Phi) is 6.11. The van der Waals surface area contributed by atoms with Crippen molar-refractivity contribution >= 4 is 17.7 Å². The molecule has 1 unspecified atom stereocenters. The summed E-state index contributed by atoms with van der Waals surface area (Å²) < 4.78 is 4.92. The van der Waals surface area contributed by atoms with Gasteiger partial charge in [-0.1, -0.05) is 20.8 Å². The molecule has 0 fully saturated rings. The second kappa shape index (κ2) is 6.26. The van der Waals surface area contributed by atoms with Crippen molar-refractivity contribution in [3.63, 3.8) is 0 Å². The molecule has 0 rings (SSSR count). The van der Waals surface area contributed by atoms with Gasteiger partial charge in [-0.2, -0.15) is 0 Å². The largest absolute Gasteiger partial charge is 0.464 e. The van der Waals surface area contributed by atoms with Gasteiger partial charge in [0.2, 0.25) is 0 Å². The van der Waals surface area contributed by atoms with Crippen LogP contribution in [0.15, 0.2) is 0 Å². The van der Waals surface area contributed by atoms with E-state index in [1.165, 1.54) is 0 Å². The highest BCUT2D eigenvalue weighted by molar-refractivity contribution is 6.13. The first kappa shape index (κ1) is 11.7. The van der Waals surface area contributed by atoms with Crippen molar-refractivity contribution in [2.45, 2.75) is 20.8 Å². The van der Waals surface area contributed by atoms with Crippen LogP contribution in [0.2, 0.25) is 0 Å². The third-order valence-corrected chi connectivity index (χ3v) is 2.00. The Morgan fingerprint density at radius 2 is 2.08 bits per heavy atom. The maximum Gasteiger partial charge on any atom is 0.308 e. The second-order valence-electron chi connectivity index (χ2n) is 3.08. The SMILES string of the molecule is CC(C)C(C)C(=O)OCCNCl. The molecule has 0 heterocycles. The van der Waals surface area contributed by atoms with Crippen molar-refractivity contribution in [2.24, 2.45) is 11.8 Å². The van der Waals surface area contributed by atoms with E-state index in [1.807, 2.05) is 20.8 Å². The average Bonchev–Trinajstić information content (AvgIpc) is 2.03. The van der Waals surface area contributed by atoms with Gasteiger partial charge >= 0.3 is 5.97 Å². The lowest BCUT2D eigenvalue weighted by molar-refractivity contribution is -0.149. The van der Waals surface area contributed by atoms with Gasteiger partial charge in [-0.25, -0.2) is 4.84 Å². The van der Waals surface area contributed by atoms with Crippen LogP contribution in [0, 0.1) is 11.8 Å². The molecule has 0 aliphatic rings. The van der Waals surface area contributed by atoms with Crippen molar-refractivity contribution in [1.82, 2.24) is 4.84 Å². The molecule has 12 heavy (non-hydrogen) atoms. The van der Waals surface area contributed by atoms with E-state index in [-0.39, 0.29) is 11.9 Å². The van der Waals surface area contributed by atoms with Gasteiger partial charge in [0.1, 0.15) is 6.61 Å².